The summed E-state index contributed by atoms with van der Waals surface area (Å²) < 4.78 is 0. The number of hydrogen-bond acceptors (Lipinski definition) is 2. The molecule has 0 bridgehead atoms. The largest absolute Gasteiger partial charge is 0.327 e. The van der Waals surface area contributed by atoms with Crippen LogP contribution in [0, 0.1) is 0 Å². The number of nitrogens with zero attached hydrogens (tertiary/aromatic N) is 2. The molecule has 2 aliphatic rings. The fourth-order valence-electron chi connectivity index (χ4n) is 2.60. The Bertz CT molecular complexity index is 458. The number of rotatable bonds is 2. The Hall–Kier alpha value is -1.84. The van der Waals surface area contributed by atoms with E-state index in [9.17, 15) is 9.59 Å². The minimum Gasteiger partial charge on any atom is -0.318 e. The van der Waals surface area contributed by atoms with Crippen molar-refractivity contribution >= 4 is 11.9 Å². The molecule has 0 aromatic heterocycles. The lowest BCUT2D eigenvalue weighted by atomic mass is 10.2. The summed E-state index contributed by atoms with van der Waals surface area (Å²) in [4.78, 5) is 26.8. The summed E-state index contributed by atoms with van der Waals surface area (Å²) in [5.74, 6) is -0.0180. The summed E-state index contributed by atoms with van der Waals surface area (Å²) in [6.07, 6.45) is 1.34. The average Bonchev–Trinajstić information content (AvgIpc) is 2.84. The zero-order valence-electron chi connectivity index (χ0n) is 9.50. The van der Waals surface area contributed by atoms with Crippen molar-refractivity contribution in [2.24, 2.45) is 0 Å². The fraction of sp³-hybridized carbons (Fsp3) is 0.385. The molecule has 1 aromatic carbocycles. The first kappa shape index (κ1) is 10.3. The third kappa shape index (κ3) is 1.69. The summed E-state index contributed by atoms with van der Waals surface area (Å²) in [6.45, 7) is 1.28. The maximum atomic E-state index is 12.0. The van der Waals surface area contributed by atoms with Gasteiger partial charge in [0.25, 0.3) is 0 Å². The molecule has 88 valence electrons. The molecule has 2 heterocycles. The number of carbonyl (C=O) groups is 2. The number of hydrogen-bond donors (Lipinski definition) is 0. The molecule has 1 aromatic rings. The van der Waals surface area contributed by atoms with Crippen LogP contribution < -0.4 is 0 Å². The lowest BCUT2D eigenvalue weighted by Crippen LogP contribution is -2.34. The first-order chi connectivity index (χ1) is 8.25. The van der Waals surface area contributed by atoms with Crippen molar-refractivity contribution in [1.29, 1.82) is 0 Å². The zero-order valence-corrected chi connectivity index (χ0v) is 9.50. The van der Waals surface area contributed by atoms with Crippen LogP contribution in [0.4, 0.5) is 4.79 Å². The Morgan fingerprint density at radius 2 is 1.94 bits per heavy atom. The molecule has 2 fully saturated rings. The van der Waals surface area contributed by atoms with Gasteiger partial charge in [0.15, 0.2) is 0 Å². The van der Waals surface area contributed by atoms with Crippen LogP contribution in [-0.2, 0) is 11.3 Å². The lowest BCUT2D eigenvalue weighted by molar-refractivity contribution is -0.125. The van der Waals surface area contributed by atoms with E-state index in [-0.39, 0.29) is 18.0 Å². The average molecular weight is 230 g/mol. The summed E-state index contributed by atoms with van der Waals surface area (Å²) >= 11 is 0. The zero-order chi connectivity index (χ0) is 11.8. The highest BCUT2D eigenvalue weighted by atomic mass is 16.2. The second-order valence-electron chi connectivity index (χ2n) is 4.60. The van der Waals surface area contributed by atoms with E-state index in [1.807, 2.05) is 30.3 Å². The number of urea groups is 1. The Kier molecular flexibility index (Phi) is 2.35. The van der Waals surface area contributed by atoms with Gasteiger partial charge in [-0.15, -0.1) is 0 Å². The van der Waals surface area contributed by atoms with E-state index >= 15 is 0 Å². The first-order valence-corrected chi connectivity index (χ1v) is 5.90. The van der Waals surface area contributed by atoms with Crippen LogP contribution in [0.5, 0.6) is 0 Å². The molecule has 0 spiro atoms. The first-order valence-electron chi connectivity index (χ1n) is 5.90. The van der Waals surface area contributed by atoms with Gasteiger partial charge >= 0.3 is 6.03 Å². The molecular formula is C13H14N2O2. The van der Waals surface area contributed by atoms with E-state index in [1.165, 1.54) is 4.90 Å². The van der Waals surface area contributed by atoms with Gasteiger partial charge in [0.2, 0.25) is 5.91 Å². The van der Waals surface area contributed by atoms with Crippen LogP contribution in [0.25, 0.3) is 0 Å². The van der Waals surface area contributed by atoms with Crippen molar-refractivity contribution < 1.29 is 9.59 Å². The number of carbonyl (C=O) groups excluding carboxylic acids is 2. The van der Waals surface area contributed by atoms with Gasteiger partial charge in [-0.25, -0.2) is 4.79 Å². The molecule has 4 heteroatoms. The molecule has 0 saturated carbocycles. The third-order valence-electron chi connectivity index (χ3n) is 3.45. The van der Waals surface area contributed by atoms with Crippen molar-refractivity contribution in [3.8, 4) is 0 Å². The van der Waals surface area contributed by atoms with E-state index < -0.39 is 0 Å². The highest BCUT2D eigenvalue weighted by molar-refractivity contribution is 5.98. The number of fused-ring (bicyclic) bond motifs is 1. The van der Waals surface area contributed by atoms with Crippen LogP contribution in [0.2, 0.25) is 0 Å². The van der Waals surface area contributed by atoms with Crippen molar-refractivity contribution in [1.82, 2.24) is 9.80 Å². The minimum absolute atomic E-state index is 0.0180. The van der Waals surface area contributed by atoms with Gasteiger partial charge in [-0.3, -0.25) is 9.69 Å². The van der Waals surface area contributed by atoms with Gasteiger partial charge in [-0.05, 0) is 12.0 Å². The maximum absolute atomic E-state index is 12.0. The molecule has 0 aliphatic carbocycles. The number of benzene rings is 1. The van der Waals surface area contributed by atoms with Gasteiger partial charge in [-0.2, -0.15) is 0 Å². The molecular weight excluding hydrogens is 216 g/mol. The smallest absolute Gasteiger partial charge is 0.318 e. The van der Waals surface area contributed by atoms with Gasteiger partial charge in [0.05, 0.1) is 6.04 Å². The molecule has 4 nitrogen and oxygen atoms in total. The van der Waals surface area contributed by atoms with Gasteiger partial charge in [-0.1, -0.05) is 30.3 Å². The van der Waals surface area contributed by atoms with Crippen LogP contribution >= 0.6 is 0 Å². The summed E-state index contributed by atoms with van der Waals surface area (Å²) in [5, 5.41) is 0. The summed E-state index contributed by atoms with van der Waals surface area (Å²) in [5.41, 5.74) is 1.11. The molecule has 2 aliphatic heterocycles. The maximum Gasteiger partial charge on any atom is 0.327 e. The third-order valence-corrected chi connectivity index (χ3v) is 3.45. The molecule has 1 atom stereocenters. The predicted molar refractivity (Wildman–Crippen MR) is 62.1 cm³/mol. The molecule has 0 N–H and O–H groups in total. The Morgan fingerprint density at radius 1 is 1.18 bits per heavy atom. The van der Waals surface area contributed by atoms with Crippen LogP contribution in [0.15, 0.2) is 30.3 Å². The second-order valence-corrected chi connectivity index (χ2v) is 4.60. The van der Waals surface area contributed by atoms with Crippen LogP contribution in [0.3, 0.4) is 0 Å². The normalized spacial score (nSPS) is 23.4. The van der Waals surface area contributed by atoms with E-state index in [2.05, 4.69) is 0 Å². The van der Waals surface area contributed by atoms with Crippen molar-refractivity contribution in [2.45, 2.75) is 25.4 Å². The topological polar surface area (TPSA) is 40.6 Å². The van der Waals surface area contributed by atoms with E-state index in [0.29, 0.717) is 19.5 Å². The molecule has 3 amide bonds. The van der Waals surface area contributed by atoms with Crippen LogP contribution in [-0.4, -0.2) is 34.3 Å². The van der Waals surface area contributed by atoms with E-state index in [0.717, 1.165) is 12.0 Å². The standard InChI is InChI=1S/C13H14N2O2/c16-12-7-6-11-9-14(13(17)15(11)12)8-10-4-2-1-3-5-10/h1-5,11H,6-9H2. The lowest BCUT2D eigenvalue weighted by Gasteiger charge is -2.16. The van der Waals surface area contributed by atoms with Gasteiger partial charge in [0, 0.05) is 19.5 Å². The van der Waals surface area contributed by atoms with Crippen LogP contribution in [0.1, 0.15) is 18.4 Å². The number of imide groups is 1. The monoisotopic (exact) mass is 230 g/mol. The molecule has 3 rings (SSSR count). The van der Waals surface area contributed by atoms with Gasteiger partial charge < -0.3 is 4.90 Å². The van der Waals surface area contributed by atoms with E-state index in [4.69, 9.17) is 0 Å². The predicted octanol–water partition coefficient (Wildman–Crippen LogP) is 1.61. The summed E-state index contributed by atoms with van der Waals surface area (Å²) in [6, 6.07) is 9.86. The van der Waals surface area contributed by atoms with E-state index in [1.54, 1.807) is 4.90 Å². The fourth-order valence-corrected chi connectivity index (χ4v) is 2.60. The van der Waals surface area contributed by atoms with Crippen molar-refractivity contribution in [3.05, 3.63) is 35.9 Å². The number of amides is 3. The SMILES string of the molecule is O=C1CCC2CN(Cc3ccccc3)C(=O)N12. The quantitative estimate of drug-likeness (QED) is 0.774. The molecule has 2 saturated heterocycles. The Morgan fingerprint density at radius 3 is 2.65 bits per heavy atom. The van der Waals surface area contributed by atoms with Gasteiger partial charge in [0.1, 0.15) is 0 Å². The highest BCUT2D eigenvalue weighted by Gasteiger charge is 2.44. The van der Waals surface area contributed by atoms with Crippen molar-refractivity contribution in [3.63, 3.8) is 0 Å². The molecule has 0 radical (unpaired) electrons. The molecule has 1 unspecified atom stereocenters. The highest BCUT2D eigenvalue weighted by Crippen LogP contribution is 2.28. The van der Waals surface area contributed by atoms with Crippen molar-refractivity contribution in [2.75, 3.05) is 6.54 Å². The Labute approximate surface area is 99.8 Å². The minimum atomic E-state index is -0.124. The second kappa shape index (κ2) is 3.87. The Balaban J connectivity index is 1.75. The molecule has 17 heavy (non-hydrogen) atoms. The summed E-state index contributed by atoms with van der Waals surface area (Å²) in [7, 11) is 0.